The van der Waals surface area contributed by atoms with E-state index in [1.165, 1.54) is 12.8 Å². The molecule has 4 N–H and O–H groups in total. The normalized spacial score (nSPS) is 22.3. The number of amides is 2. The quantitative estimate of drug-likeness (QED) is 0.599. The lowest BCUT2D eigenvalue weighted by Gasteiger charge is -2.44. The molecule has 1 atom stereocenters. The van der Waals surface area contributed by atoms with Crippen LogP contribution >= 0.6 is 0 Å². The molecule has 2 rings (SSSR count). The molecular weight excluding hydrogens is 308 g/mol. The highest BCUT2D eigenvalue weighted by atomic mass is 16.5. The van der Waals surface area contributed by atoms with Gasteiger partial charge in [-0.05, 0) is 44.7 Å². The zero-order chi connectivity index (χ0) is 17.6. The Bertz CT molecular complexity index is 430. The van der Waals surface area contributed by atoms with Crippen molar-refractivity contribution >= 4 is 11.8 Å². The monoisotopic (exact) mass is 340 g/mol. The maximum absolute atomic E-state index is 12.1. The maximum Gasteiger partial charge on any atom is 0.239 e. The second-order valence-corrected chi connectivity index (χ2v) is 7.30. The zero-order valence-corrected chi connectivity index (χ0v) is 15.0. The minimum absolute atomic E-state index is 0.00273. The summed E-state index contributed by atoms with van der Waals surface area (Å²) in [4.78, 5) is 26.5. The molecule has 0 aromatic carbocycles. The van der Waals surface area contributed by atoms with Gasteiger partial charge in [-0.2, -0.15) is 0 Å². The Kier molecular flexibility index (Phi) is 7.01. The molecule has 2 amide bonds. The summed E-state index contributed by atoms with van der Waals surface area (Å²) < 4.78 is 5.51. The predicted molar refractivity (Wildman–Crippen MR) is 92.4 cm³/mol. The lowest BCUT2D eigenvalue weighted by molar-refractivity contribution is -0.127. The van der Waals surface area contributed by atoms with Crippen LogP contribution in [0.2, 0.25) is 0 Å². The van der Waals surface area contributed by atoms with Crippen molar-refractivity contribution in [2.75, 3.05) is 39.4 Å². The summed E-state index contributed by atoms with van der Waals surface area (Å²) in [5.41, 5.74) is 5.78. The number of hydrogen-bond acceptors (Lipinski definition) is 5. The van der Waals surface area contributed by atoms with Gasteiger partial charge >= 0.3 is 0 Å². The molecule has 0 unspecified atom stereocenters. The average Bonchev–Trinajstić information content (AvgIpc) is 3.13. The van der Waals surface area contributed by atoms with Gasteiger partial charge in [-0.1, -0.05) is 13.8 Å². The van der Waals surface area contributed by atoms with Crippen molar-refractivity contribution in [2.24, 2.45) is 11.7 Å². The largest absolute Gasteiger partial charge is 0.381 e. The van der Waals surface area contributed by atoms with Gasteiger partial charge in [0.05, 0.1) is 12.6 Å². The van der Waals surface area contributed by atoms with Crippen molar-refractivity contribution in [3.8, 4) is 0 Å². The molecular formula is C17H32N4O3. The van der Waals surface area contributed by atoms with E-state index in [1.807, 2.05) is 13.8 Å². The Morgan fingerprint density at radius 3 is 2.38 bits per heavy atom. The summed E-state index contributed by atoms with van der Waals surface area (Å²) in [6.07, 6.45) is 4.33. The Morgan fingerprint density at radius 2 is 1.79 bits per heavy atom. The van der Waals surface area contributed by atoms with Crippen molar-refractivity contribution < 1.29 is 14.3 Å². The van der Waals surface area contributed by atoms with Gasteiger partial charge in [-0.25, -0.2) is 0 Å². The Morgan fingerprint density at radius 1 is 1.17 bits per heavy atom. The SMILES string of the molecule is CC(C)[C@H](N)C(=O)NCC(=O)NCC1(N2CCCC2)CCOCC1. The summed E-state index contributed by atoms with van der Waals surface area (Å²) in [6, 6.07) is -0.579. The minimum atomic E-state index is -0.579. The highest BCUT2D eigenvalue weighted by Gasteiger charge is 2.39. The summed E-state index contributed by atoms with van der Waals surface area (Å²) >= 11 is 0. The van der Waals surface area contributed by atoms with Gasteiger partial charge < -0.3 is 21.1 Å². The Hall–Kier alpha value is -1.18. The van der Waals surface area contributed by atoms with Crippen LogP contribution in [0.25, 0.3) is 0 Å². The molecule has 24 heavy (non-hydrogen) atoms. The zero-order valence-electron chi connectivity index (χ0n) is 15.0. The number of ether oxygens (including phenoxy) is 1. The number of rotatable bonds is 7. The third kappa shape index (κ3) is 4.91. The Labute approximate surface area is 144 Å². The van der Waals surface area contributed by atoms with Crippen molar-refractivity contribution in [1.29, 1.82) is 0 Å². The fourth-order valence-electron chi connectivity index (χ4n) is 3.46. The Balaban J connectivity index is 1.81. The van der Waals surface area contributed by atoms with E-state index in [4.69, 9.17) is 10.5 Å². The van der Waals surface area contributed by atoms with Crippen molar-refractivity contribution in [3.63, 3.8) is 0 Å². The van der Waals surface area contributed by atoms with E-state index in [-0.39, 0.29) is 29.8 Å². The standard InChI is InChI=1S/C17H32N4O3/c1-13(2)15(18)16(23)19-11-14(22)20-12-17(5-9-24-10-6-17)21-7-3-4-8-21/h13,15H,3-12,18H2,1-2H3,(H,19,23)(H,20,22)/t15-/m0/s1. The van der Waals surface area contributed by atoms with Crippen LogP contribution in [-0.4, -0.2) is 67.7 Å². The molecule has 7 heteroatoms. The molecule has 0 aliphatic carbocycles. The predicted octanol–water partition coefficient (Wildman–Crippen LogP) is -0.153. The van der Waals surface area contributed by atoms with Crippen LogP contribution in [0.1, 0.15) is 39.5 Å². The molecule has 0 saturated carbocycles. The highest BCUT2D eigenvalue weighted by Crippen LogP contribution is 2.30. The molecule has 2 saturated heterocycles. The molecule has 0 aromatic rings. The molecule has 7 nitrogen and oxygen atoms in total. The average molecular weight is 340 g/mol. The minimum Gasteiger partial charge on any atom is -0.381 e. The second-order valence-electron chi connectivity index (χ2n) is 7.30. The molecule has 0 radical (unpaired) electrons. The molecule has 0 aromatic heterocycles. The summed E-state index contributed by atoms with van der Waals surface area (Å²) in [7, 11) is 0. The topological polar surface area (TPSA) is 96.7 Å². The molecule has 0 spiro atoms. The van der Waals surface area contributed by atoms with E-state index in [2.05, 4.69) is 15.5 Å². The first-order valence-corrected chi connectivity index (χ1v) is 9.07. The third-order valence-corrected chi connectivity index (χ3v) is 5.26. The van der Waals surface area contributed by atoms with Crippen LogP contribution in [0.3, 0.4) is 0 Å². The van der Waals surface area contributed by atoms with Gasteiger partial charge in [-0.15, -0.1) is 0 Å². The van der Waals surface area contributed by atoms with Crippen LogP contribution in [-0.2, 0) is 14.3 Å². The highest BCUT2D eigenvalue weighted by molar-refractivity contribution is 5.87. The van der Waals surface area contributed by atoms with Gasteiger partial charge in [0.1, 0.15) is 0 Å². The molecule has 2 aliphatic heterocycles. The van der Waals surface area contributed by atoms with Gasteiger partial charge in [0.15, 0.2) is 0 Å². The number of carbonyl (C=O) groups is 2. The first-order chi connectivity index (χ1) is 11.4. The fraction of sp³-hybridized carbons (Fsp3) is 0.882. The lowest BCUT2D eigenvalue weighted by Crippen LogP contribution is -2.58. The van der Waals surface area contributed by atoms with Gasteiger partial charge in [0.25, 0.3) is 0 Å². The first-order valence-electron chi connectivity index (χ1n) is 9.07. The number of hydrogen-bond donors (Lipinski definition) is 3. The molecule has 2 fully saturated rings. The summed E-state index contributed by atoms with van der Waals surface area (Å²) in [5.74, 6) is -0.390. The third-order valence-electron chi connectivity index (χ3n) is 5.26. The number of carbonyl (C=O) groups excluding carboxylic acids is 2. The number of nitrogens with two attached hydrogens (primary N) is 1. The molecule has 2 aliphatic rings. The fourth-order valence-corrected chi connectivity index (χ4v) is 3.46. The van der Waals surface area contributed by atoms with E-state index in [9.17, 15) is 9.59 Å². The number of likely N-dealkylation sites (tertiary alicyclic amines) is 1. The van der Waals surface area contributed by atoms with Crippen LogP contribution in [0.5, 0.6) is 0 Å². The van der Waals surface area contributed by atoms with E-state index >= 15 is 0 Å². The van der Waals surface area contributed by atoms with Crippen LogP contribution in [0.15, 0.2) is 0 Å². The molecule has 0 bridgehead atoms. The molecule has 138 valence electrons. The smallest absolute Gasteiger partial charge is 0.239 e. The van der Waals surface area contributed by atoms with Crippen LogP contribution in [0.4, 0.5) is 0 Å². The van der Waals surface area contributed by atoms with Gasteiger partial charge in [0.2, 0.25) is 11.8 Å². The van der Waals surface area contributed by atoms with E-state index in [0.717, 1.165) is 39.1 Å². The number of nitrogens with one attached hydrogen (secondary N) is 2. The molecule has 2 heterocycles. The van der Waals surface area contributed by atoms with Crippen LogP contribution < -0.4 is 16.4 Å². The van der Waals surface area contributed by atoms with E-state index in [1.54, 1.807) is 0 Å². The van der Waals surface area contributed by atoms with Gasteiger partial charge in [-0.3, -0.25) is 14.5 Å². The van der Waals surface area contributed by atoms with Crippen molar-refractivity contribution in [2.45, 2.75) is 51.1 Å². The maximum atomic E-state index is 12.1. The first kappa shape index (κ1) is 19.1. The van der Waals surface area contributed by atoms with E-state index < -0.39 is 6.04 Å². The second kappa shape index (κ2) is 8.78. The summed E-state index contributed by atoms with van der Waals surface area (Å²) in [5, 5.41) is 5.62. The summed E-state index contributed by atoms with van der Waals surface area (Å²) in [6.45, 7) is 8.03. The lowest BCUT2D eigenvalue weighted by atomic mass is 9.88. The van der Waals surface area contributed by atoms with E-state index in [0.29, 0.717) is 6.54 Å². The van der Waals surface area contributed by atoms with Gasteiger partial charge in [0, 0.05) is 25.3 Å². The van der Waals surface area contributed by atoms with Crippen LogP contribution in [0, 0.1) is 5.92 Å². The van der Waals surface area contributed by atoms with Crippen molar-refractivity contribution in [3.05, 3.63) is 0 Å². The number of nitrogens with zero attached hydrogens (tertiary/aromatic N) is 1. The van der Waals surface area contributed by atoms with Crippen molar-refractivity contribution in [1.82, 2.24) is 15.5 Å².